The average Bonchev–Trinajstić information content (AvgIpc) is 3.20. The summed E-state index contributed by atoms with van der Waals surface area (Å²) in [5.41, 5.74) is 5.17. The van der Waals surface area contributed by atoms with E-state index in [-0.39, 0.29) is 24.2 Å². The predicted molar refractivity (Wildman–Crippen MR) is 143 cm³/mol. The maximum absolute atomic E-state index is 14.8. The number of ether oxygens (including phenoxy) is 3. The van der Waals surface area contributed by atoms with E-state index < -0.39 is 17.7 Å². The molecule has 0 aliphatic carbocycles. The minimum Gasteiger partial charge on any atom is -0.489 e. The Morgan fingerprint density at radius 1 is 1.00 bits per heavy atom. The van der Waals surface area contributed by atoms with Gasteiger partial charge in [-0.1, -0.05) is 30.3 Å². The van der Waals surface area contributed by atoms with Crippen molar-refractivity contribution in [2.75, 3.05) is 13.2 Å². The van der Waals surface area contributed by atoms with E-state index in [1.807, 2.05) is 44.2 Å². The van der Waals surface area contributed by atoms with Crippen molar-refractivity contribution < 1.29 is 33.0 Å². The summed E-state index contributed by atoms with van der Waals surface area (Å²) in [5, 5.41) is 1.85. The molecule has 1 saturated heterocycles. The van der Waals surface area contributed by atoms with Crippen molar-refractivity contribution in [3.63, 3.8) is 0 Å². The van der Waals surface area contributed by atoms with Gasteiger partial charge in [0.25, 0.3) is 11.1 Å². The summed E-state index contributed by atoms with van der Waals surface area (Å²) in [6.45, 7) is 5.58. The van der Waals surface area contributed by atoms with Gasteiger partial charge in [0.2, 0.25) is 0 Å². The lowest BCUT2D eigenvalue weighted by atomic mass is 9.93. The second-order valence-corrected chi connectivity index (χ2v) is 9.60. The number of aryl methyl sites for hydroxylation is 1. The monoisotopic (exact) mass is 535 g/mol. The first-order chi connectivity index (χ1) is 18.2. The van der Waals surface area contributed by atoms with Crippen LogP contribution in [0, 0.1) is 19.7 Å². The number of esters is 1. The molecule has 7 nitrogen and oxygen atoms in total. The number of nitrogens with one attached hydrogen (secondary N) is 1. The van der Waals surface area contributed by atoms with E-state index in [0.717, 1.165) is 45.1 Å². The van der Waals surface area contributed by atoms with Crippen LogP contribution in [0.25, 0.3) is 17.2 Å². The number of hydrogen-bond acceptors (Lipinski definition) is 7. The first kappa shape index (κ1) is 26.9. The maximum Gasteiger partial charge on any atom is 0.302 e. The fraction of sp³-hybridized carbons (Fsp3) is 0.207. The van der Waals surface area contributed by atoms with Crippen molar-refractivity contribution in [2.45, 2.75) is 27.4 Å². The van der Waals surface area contributed by atoms with Gasteiger partial charge in [0.15, 0.2) is 11.6 Å². The van der Waals surface area contributed by atoms with Crippen molar-refractivity contribution in [3.05, 3.63) is 87.6 Å². The Kier molecular flexibility index (Phi) is 8.48. The van der Waals surface area contributed by atoms with Gasteiger partial charge in [-0.2, -0.15) is 0 Å². The number of hydrogen-bond donors (Lipinski definition) is 1. The van der Waals surface area contributed by atoms with Crippen LogP contribution in [0.2, 0.25) is 0 Å². The molecule has 2 amide bonds. The highest BCUT2D eigenvalue weighted by Gasteiger charge is 2.24. The molecular weight excluding hydrogens is 509 g/mol. The van der Waals surface area contributed by atoms with E-state index in [9.17, 15) is 18.8 Å². The quantitative estimate of drug-likeness (QED) is 0.206. The summed E-state index contributed by atoms with van der Waals surface area (Å²) in [6.07, 6.45) is 1.65. The molecule has 9 heteroatoms. The fourth-order valence-electron chi connectivity index (χ4n) is 3.92. The molecule has 3 aromatic rings. The topological polar surface area (TPSA) is 90.9 Å². The normalized spacial score (nSPS) is 13.9. The first-order valence-electron chi connectivity index (χ1n) is 11.8. The average molecular weight is 536 g/mol. The van der Waals surface area contributed by atoms with Gasteiger partial charge < -0.3 is 14.2 Å². The molecule has 3 aromatic carbocycles. The van der Waals surface area contributed by atoms with Crippen molar-refractivity contribution >= 4 is 35.0 Å². The summed E-state index contributed by atoms with van der Waals surface area (Å²) < 4.78 is 31.1. The molecular formula is C29H26FNO6S. The summed E-state index contributed by atoms with van der Waals surface area (Å²) in [5.74, 6) is -0.556. The van der Waals surface area contributed by atoms with Gasteiger partial charge in [0.05, 0.1) is 4.91 Å². The van der Waals surface area contributed by atoms with E-state index in [0.29, 0.717) is 17.3 Å². The maximum atomic E-state index is 14.8. The zero-order valence-corrected chi connectivity index (χ0v) is 21.9. The van der Waals surface area contributed by atoms with Gasteiger partial charge in [-0.05, 0) is 89.3 Å². The van der Waals surface area contributed by atoms with Crippen molar-refractivity contribution in [1.82, 2.24) is 5.32 Å². The number of benzene rings is 3. The number of amides is 2. The summed E-state index contributed by atoms with van der Waals surface area (Å²) in [4.78, 5) is 34.3. The van der Waals surface area contributed by atoms with Crippen molar-refractivity contribution in [2.24, 2.45) is 0 Å². The number of carbonyl (C=O) groups excluding carboxylic acids is 3. The first-order valence-corrected chi connectivity index (χ1v) is 12.7. The molecule has 0 atom stereocenters. The lowest BCUT2D eigenvalue weighted by Gasteiger charge is -2.16. The van der Waals surface area contributed by atoms with Gasteiger partial charge in [0.1, 0.15) is 25.6 Å². The van der Waals surface area contributed by atoms with Crippen LogP contribution in [0.3, 0.4) is 0 Å². The number of carbonyl (C=O) groups is 3. The summed E-state index contributed by atoms with van der Waals surface area (Å²) >= 11 is 0.873. The Bertz CT molecular complexity index is 1420. The third-order valence-corrected chi connectivity index (χ3v) is 6.69. The lowest BCUT2D eigenvalue weighted by Crippen LogP contribution is -2.17. The molecule has 4 rings (SSSR count). The predicted octanol–water partition coefficient (Wildman–Crippen LogP) is 5.95. The lowest BCUT2D eigenvalue weighted by molar-refractivity contribution is -0.141. The second kappa shape index (κ2) is 12.0. The van der Waals surface area contributed by atoms with E-state index in [4.69, 9.17) is 14.2 Å². The van der Waals surface area contributed by atoms with Crippen LogP contribution in [-0.4, -0.2) is 30.3 Å². The van der Waals surface area contributed by atoms with E-state index in [2.05, 4.69) is 5.32 Å². The van der Waals surface area contributed by atoms with Crippen molar-refractivity contribution in [1.29, 1.82) is 0 Å². The van der Waals surface area contributed by atoms with Gasteiger partial charge in [-0.15, -0.1) is 0 Å². The highest BCUT2D eigenvalue weighted by atomic mass is 32.2. The Morgan fingerprint density at radius 3 is 2.45 bits per heavy atom. The van der Waals surface area contributed by atoms with Gasteiger partial charge in [-0.3, -0.25) is 19.7 Å². The Balaban J connectivity index is 1.44. The second-order valence-electron chi connectivity index (χ2n) is 8.59. The SMILES string of the molecule is CC(=O)OCCOc1cc(C)c(-c2cccc(COc3ccc(/C=C4\SC(=O)NC4=O)cc3)c2C)cc1F. The highest BCUT2D eigenvalue weighted by molar-refractivity contribution is 8.18. The molecule has 38 heavy (non-hydrogen) atoms. The molecule has 1 heterocycles. The highest BCUT2D eigenvalue weighted by Crippen LogP contribution is 2.33. The fourth-order valence-corrected chi connectivity index (χ4v) is 4.60. The van der Waals surface area contributed by atoms with Crippen LogP contribution >= 0.6 is 11.8 Å². The van der Waals surface area contributed by atoms with Crippen molar-refractivity contribution in [3.8, 4) is 22.6 Å². The van der Waals surface area contributed by atoms with E-state index >= 15 is 0 Å². The Labute approximate surface area is 224 Å². The molecule has 0 radical (unpaired) electrons. The summed E-state index contributed by atoms with van der Waals surface area (Å²) in [7, 11) is 0. The van der Waals surface area contributed by atoms with Crippen LogP contribution in [0.1, 0.15) is 29.2 Å². The van der Waals surface area contributed by atoms with Crippen LogP contribution in [0.5, 0.6) is 11.5 Å². The van der Waals surface area contributed by atoms with Crippen LogP contribution in [0.15, 0.2) is 59.5 Å². The zero-order valence-electron chi connectivity index (χ0n) is 21.1. The summed E-state index contributed by atoms with van der Waals surface area (Å²) in [6, 6.07) is 16.1. The molecule has 196 valence electrons. The molecule has 1 aliphatic heterocycles. The van der Waals surface area contributed by atoms with E-state index in [1.165, 1.54) is 13.0 Å². The largest absolute Gasteiger partial charge is 0.489 e. The third-order valence-electron chi connectivity index (χ3n) is 5.88. The molecule has 1 N–H and O–H groups in total. The molecule has 0 aromatic heterocycles. The molecule has 0 bridgehead atoms. The van der Waals surface area contributed by atoms with E-state index in [1.54, 1.807) is 24.3 Å². The molecule has 1 fully saturated rings. The van der Waals surface area contributed by atoms with Crippen LogP contribution in [0.4, 0.5) is 9.18 Å². The molecule has 0 saturated carbocycles. The molecule has 0 spiro atoms. The number of halogens is 1. The minimum absolute atomic E-state index is 0.0500. The van der Waals surface area contributed by atoms with Crippen LogP contribution < -0.4 is 14.8 Å². The third kappa shape index (κ3) is 6.60. The van der Waals surface area contributed by atoms with Gasteiger partial charge >= 0.3 is 5.97 Å². The molecule has 0 unspecified atom stereocenters. The Hall–Kier alpha value is -4.11. The molecule has 1 aliphatic rings. The van der Waals surface area contributed by atoms with Gasteiger partial charge in [-0.25, -0.2) is 4.39 Å². The van der Waals surface area contributed by atoms with Gasteiger partial charge in [0, 0.05) is 6.92 Å². The zero-order chi connectivity index (χ0) is 27.2. The van der Waals surface area contributed by atoms with Crippen LogP contribution in [-0.2, 0) is 20.9 Å². The number of rotatable bonds is 9. The Morgan fingerprint density at radius 2 is 1.76 bits per heavy atom. The smallest absolute Gasteiger partial charge is 0.302 e. The standard InChI is InChI=1S/C29H26FNO6S/c1-17-13-26(36-12-11-35-19(3)32)25(30)15-24(17)23-6-4-5-21(18(23)2)16-37-22-9-7-20(8-10-22)14-27-28(33)31-29(34)38-27/h4-10,13-15H,11-12,16H2,1-3H3,(H,31,33,34)/b27-14-. The minimum atomic E-state index is -0.498. The number of thioether (sulfide) groups is 1. The number of imide groups is 1.